The molecule has 2 rings (SSSR count). The normalized spacial score (nSPS) is 11.2. The van der Waals surface area contributed by atoms with E-state index in [2.05, 4.69) is 65.2 Å². The first-order valence-corrected chi connectivity index (χ1v) is 10.5. The molecule has 0 saturated heterocycles. The number of carbonyl (C=O) groups is 1. The number of carbonyl (C=O) groups excluding carboxylic acids is 1. The second-order valence-electron chi connectivity index (χ2n) is 6.59. The van der Waals surface area contributed by atoms with Crippen LogP contribution in [-0.4, -0.2) is 22.7 Å². The number of nitrogens with zero attached hydrogens (tertiary/aromatic N) is 2. The minimum atomic E-state index is -0.229. The van der Waals surface area contributed by atoms with Crippen LogP contribution in [0.2, 0.25) is 0 Å². The molecule has 0 aliphatic carbocycles. The van der Waals surface area contributed by atoms with Crippen LogP contribution in [-0.2, 0) is 4.79 Å². The fourth-order valence-electron chi connectivity index (χ4n) is 2.63. The number of hydrogen-bond donors (Lipinski definition) is 1. The van der Waals surface area contributed by atoms with Crippen molar-refractivity contribution in [2.75, 3.05) is 11.9 Å². The summed E-state index contributed by atoms with van der Waals surface area (Å²) in [4.78, 5) is 12.2. The number of aryl methyl sites for hydroxylation is 1. The Bertz CT molecular complexity index is 757. The SMILES string of the molecule is CCC(CC)c1nnc(NC(=O)COc2cc(C)c(Br)cc2C(C)C)s1. The van der Waals surface area contributed by atoms with Gasteiger partial charge in [0.05, 0.1) is 0 Å². The van der Waals surface area contributed by atoms with E-state index in [4.69, 9.17) is 4.74 Å². The molecular formula is C19H26BrN3O2S. The standard InChI is InChI=1S/C19H26BrN3O2S/c1-6-13(7-2)18-22-23-19(26-18)21-17(24)10-25-16-8-12(5)15(20)9-14(16)11(3)4/h8-9,11,13H,6-7,10H2,1-5H3,(H,21,23,24). The lowest BCUT2D eigenvalue weighted by Gasteiger charge is -2.15. The van der Waals surface area contributed by atoms with E-state index in [0.29, 0.717) is 17.0 Å². The first-order chi connectivity index (χ1) is 12.3. The molecule has 26 heavy (non-hydrogen) atoms. The molecule has 1 aromatic carbocycles. The Morgan fingerprint density at radius 1 is 1.27 bits per heavy atom. The van der Waals surface area contributed by atoms with Crippen LogP contribution in [0.3, 0.4) is 0 Å². The molecule has 7 heteroatoms. The van der Waals surface area contributed by atoms with E-state index in [1.807, 2.05) is 13.0 Å². The second-order valence-corrected chi connectivity index (χ2v) is 8.45. The van der Waals surface area contributed by atoms with Gasteiger partial charge in [-0.15, -0.1) is 10.2 Å². The fraction of sp³-hybridized carbons (Fsp3) is 0.526. The van der Waals surface area contributed by atoms with Crippen LogP contribution in [0, 0.1) is 6.92 Å². The van der Waals surface area contributed by atoms with Gasteiger partial charge in [-0.25, -0.2) is 0 Å². The Morgan fingerprint density at radius 3 is 2.58 bits per heavy atom. The monoisotopic (exact) mass is 439 g/mol. The van der Waals surface area contributed by atoms with Gasteiger partial charge in [-0.05, 0) is 48.9 Å². The molecule has 2 aromatic rings. The van der Waals surface area contributed by atoms with Crippen molar-refractivity contribution in [3.63, 3.8) is 0 Å². The number of nitrogens with one attached hydrogen (secondary N) is 1. The van der Waals surface area contributed by atoms with Crippen molar-refractivity contribution in [2.45, 2.75) is 59.3 Å². The summed E-state index contributed by atoms with van der Waals surface area (Å²) in [7, 11) is 0. The molecule has 0 aliphatic rings. The molecule has 142 valence electrons. The molecule has 5 nitrogen and oxygen atoms in total. The molecule has 0 spiro atoms. The molecular weight excluding hydrogens is 414 g/mol. The number of halogens is 1. The van der Waals surface area contributed by atoms with Gasteiger partial charge in [0.15, 0.2) is 6.61 Å². The minimum Gasteiger partial charge on any atom is -0.483 e. The van der Waals surface area contributed by atoms with E-state index < -0.39 is 0 Å². The number of rotatable bonds is 8. The summed E-state index contributed by atoms with van der Waals surface area (Å²) in [6, 6.07) is 4.02. The highest BCUT2D eigenvalue weighted by Gasteiger charge is 2.16. The first kappa shape index (κ1) is 20.8. The van der Waals surface area contributed by atoms with Gasteiger partial charge in [-0.3, -0.25) is 10.1 Å². The summed E-state index contributed by atoms with van der Waals surface area (Å²) >= 11 is 4.99. The Morgan fingerprint density at radius 2 is 1.96 bits per heavy atom. The van der Waals surface area contributed by atoms with Gasteiger partial charge in [0.2, 0.25) is 5.13 Å². The molecule has 0 bridgehead atoms. The van der Waals surface area contributed by atoms with E-state index in [1.54, 1.807) is 0 Å². The van der Waals surface area contributed by atoms with Crippen molar-refractivity contribution in [3.05, 3.63) is 32.7 Å². The molecule has 0 saturated carbocycles. The highest BCUT2D eigenvalue weighted by atomic mass is 79.9. The van der Waals surface area contributed by atoms with E-state index in [0.717, 1.165) is 39.2 Å². The molecule has 0 unspecified atom stereocenters. The number of amides is 1. The zero-order valence-electron chi connectivity index (χ0n) is 15.9. The molecule has 0 fully saturated rings. The van der Waals surface area contributed by atoms with Crippen molar-refractivity contribution in [1.82, 2.24) is 10.2 Å². The van der Waals surface area contributed by atoms with Crippen molar-refractivity contribution < 1.29 is 9.53 Å². The molecule has 0 aliphatic heterocycles. The predicted octanol–water partition coefficient (Wildman–Crippen LogP) is 5.65. The highest BCUT2D eigenvalue weighted by Crippen LogP contribution is 2.32. The van der Waals surface area contributed by atoms with E-state index in [1.165, 1.54) is 11.3 Å². The Kier molecular flexibility index (Phi) is 7.58. The van der Waals surface area contributed by atoms with E-state index in [-0.39, 0.29) is 12.5 Å². The topological polar surface area (TPSA) is 64.1 Å². The molecule has 1 heterocycles. The summed E-state index contributed by atoms with van der Waals surface area (Å²) in [6.45, 7) is 10.4. The lowest BCUT2D eigenvalue weighted by molar-refractivity contribution is -0.118. The molecule has 0 radical (unpaired) electrons. The second kappa shape index (κ2) is 9.46. The zero-order chi connectivity index (χ0) is 19.3. The van der Waals surface area contributed by atoms with Crippen molar-refractivity contribution in [2.24, 2.45) is 0 Å². The largest absolute Gasteiger partial charge is 0.483 e. The van der Waals surface area contributed by atoms with Crippen LogP contribution < -0.4 is 10.1 Å². The van der Waals surface area contributed by atoms with Crippen molar-refractivity contribution >= 4 is 38.3 Å². The Balaban J connectivity index is 2.00. The number of benzene rings is 1. The van der Waals surface area contributed by atoms with E-state index in [9.17, 15) is 4.79 Å². The van der Waals surface area contributed by atoms with Crippen LogP contribution in [0.1, 0.15) is 68.5 Å². The van der Waals surface area contributed by atoms with Gasteiger partial charge in [0.25, 0.3) is 5.91 Å². The molecule has 1 aromatic heterocycles. The number of ether oxygens (including phenoxy) is 1. The van der Waals surface area contributed by atoms with Gasteiger partial charge in [0.1, 0.15) is 10.8 Å². The maximum Gasteiger partial charge on any atom is 0.264 e. The first-order valence-electron chi connectivity index (χ1n) is 8.91. The molecule has 0 atom stereocenters. The fourth-order valence-corrected chi connectivity index (χ4v) is 4.02. The zero-order valence-corrected chi connectivity index (χ0v) is 18.3. The minimum absolute atomic E-state index is 0.0549. The van der Waals surface area contributed by atoms with Gasteiger partial charge in [-0.1, -0.05) is 55.0 Å². The van der Waals surface area contributed by atoms with Crippen LogP contribution >= 0.6 is 27.3 Å². The Hall–Kier alpha value is -1.47. The summed E-state index contributed by atoms with van der Waals surface area (Å²) in [5, 5.41) is 12.5. The van der Waals surface area contributed by atoms with Crippen LogP contribution in [0.25, 0.3) is 0 Å². The highest BCUT2D eigenvalue weighted by molar-refractivity contribution is 9.10. The number of anilines is 1. The Labute approximate surface area is 167 Å². The average Bonchev–Trinajstić information content (AvgIpc) is 3.04. The summed E-state index contributed by atoms with van der Waals surface area (Å²) in [5.41, 5.74) is 2.14. The van der Waals surface area contributed by atoms with Crippen LogP contribution in [0.5, 0.6) is 5.75 Å². The lowest BCUT2D eigenvalue weighted by atomic mass is 10.0. The predicted molar refractivity (Wildman–Crippen MR) is 110 cm³/mol. The summed E-state index contributed by atoms with van der Waals surface area (Å²) in [6.07, 6.45) is 2.03. The van der Waals surface area contributed by atoms with Gasteiger partial charge < -0.3 is 4.74 Å². The van der Waals surface area contributed by atoms with Crippen molar-refractivity contribution in [1.29, 1.82) is 0 Å². The maximum absolute atomic E-state index is 12.2. The van der Waals surface area contributed by atoms with Crippen LogP contribution in [0.15, 0.2) is 16.6 Å². The molecule has 1 N–H and O–H groups in total. The van der Waals surface area contributed by atoms with Gasteiger partial charge in [-0.2, -0.15) is 0 Å². The molecule has 1 amide bonds. The lowest BCUT2D eigenvalue weighted by Crippen LogP contribution is -2.20. The summed E-state index contributed by atoms with van der Waals surface area (Å²) in [5.74, 6) is 1.21. The van der Waals surface area contributed by atoms with Gasteiger partial charge >= 0.3 is 0 Å². The average molecular weight is 440 g/mol. The quantitative estimate of drug-likeness (QED) is 0.576. The number of hydrogen-bond acceptors (Lipinski definition) is 5. The summed E-state index contributed by atoms with van der Waals surface area (Å²) < 4.78 is 6.83. The van der Waals surface area contributed by atoms with Gasteiger partial charge in [0, 0.05) is 10.4 Å². The van der Waals surface area contributed by atoms with Crippen LogP contribution in [0.4, 0.5) is 5.13 Å². The van der Waals surface area contributed by atoms with Crippen molar-refractivity contribution in [3.8, 4) is 5.75 Å². The third-order valence-electron chi connectivity index (χ3n) is 4.29. The van der Waals surface area contributed by atoms with E-state index >= 15 is 0 Å². The maximum atomic E-state index is 12.2. The number of aromatic nitrogens is 2. The smallest absolute Gasteiger partial charge is 0.264 e. The third-order valence-corrected chi connectivity index (χ3v) is 6.15. The third kappa shape index (κ3) is 5.27.